The molecule has 0 aliphatic carbocycles. The van der Waals surface area contributed by atoms with E-state index in [1.54, 1.807) is 52.1 Å². The van der Waals surface area contributed by atoms with E-state index >= 15 is 0 Å². The number of aliphatic carboxylic acids is 1. The van der Waals surface area contributed by atoms with Crippen molar-refractivity contribution in [3.05, 3.63) is 36.5 Å². The van der Waals surface area contributed by atoms with Crippen molar-refractivity contribution in [3.8, 4) is 0 Å². The average Bonchev–Trinajstić information content (AvgIpc) is 2.58. The second-order valence-corrected chi connectivity index (χ2v) is 8.91. The standard InChI is InChI=1S/C22H33N3O4/c1-13(2)12-15(14(3)4)17(21(28)29)19(26)25-18(22(5,6)7)20(27)24-16-10-8-9-11-23-16/h8-11,13,15,17-18H,3,12H2,1-2,4-7H3,(H,25,26)(H,28,29)(H,23,24,27)/t15-,17-,18+/m0/s1. The molecule has 160 valence electrons. The number of carboxylic acids is 1. The van der Waals surface area contributed by atoms with Gasteiger partial charge >= 0.3 is 5.97 Å². The van der Waals surface area contributed by atoms with E-state index in [0.29, 0.717) is 17.8 Å². The number of nitrogens with zero attached hydrogens (tertiary/aromatic N) is 1. The van der Waals surface area contributed by atoms with Crippen LogP contribution in [0.25, 0.3) is 0 Å². The van der Waals surface area contributed by atoms with Gasteiger partial charge in [-0.05, 0) is 36.8 Å². The Morgan fingerprint density at radius 1 is 1.17 bits per heavy atom. The van der Waals surface area contributed by atoms with Gasteiger partial charge in [0.15, 0.2) is 0 Å². The minimum absolute atomic E-state index is 0.192. The number of hydrogen-bond donors (Lipinski definition) is 3. The second-order valence-electron chi connectivity index (χ2n) is 8.91. The first-order valence-electron chi connectivity index (χ1n) is 9.75. The second kappa shape index (κ2) is 10.2. The van der Waals surface area contributed by atoms with Crippen LogP contribution in [-0.2, 0) is 14.4 Å². The van der Waals surface area contributed by atoms with Crippen LogP contribution >= 0.6 is 0 Å². The average molecular weight is 404 g/mol. The molecule has 1 heterocycles. The Kier molecular flexibility index (Phi) is 8.55. The maximum absolute atomic E-state index is 13.0. The Balaban J connectivity index is 3.12. The molecular formula is C22H33N3O4. The van der Waals surface area contributed by atoms with Gasteiger partial charge < -0.3 is 15.7 Å². The first kappa shape index (κ1) is 24.3. The largest absolute Gasteiger partial charge is 0.481 e. The Bertz CT molecular complexity index is 738. The fourth-order valence-electron chi connectivity index (χ4n) is 3.14. The van der Waals surface area contributed by atoms with Crippen LogP contribution in [0.15, 0.2) is 36.5 Å². The molecule has 0 radical (unpaired) electrons. The molecule has 1 aromatic heterocycles. The number of carboxylic acid groups (broad SMARTS) is 1. The summed E-state index contributed by atoms with van der Waals surface area (Å²) in [4.78, 5) is 41.8. The molecule has 1 aromatic rings. The molecule has 2 amide bonds. The molecule has 0 saturated heterocycles. The minimum atomic E-state index is -1.32. The summed E-state index contributed by atoms with van der Waals surface area (Å²) >= 11 is 0. The summed E-state index contributed by atoms with van der Waals surface area (Å²) < 4.78 is 0. The minimum Gasteiger partial charge on any atom is -0.481 e. The molecule has 29 heavy (non-hydrogen) atoms. The fraction of sp³-hybridized carbons (Fsp3) is 0.545. The zero-order valence-electron chi connectivity index (χ0n) is 18.2. The number of pyridine rings is 1. The van der Waals surface area contributed by atoms with Crippen LogP contribution in [0.3, 0.4) is 0 Å². The van der Waals surface area contributed by atoms with Gasteiger partial charge in [0.2, 0.25) is 11.8 Å². The summed E-state index contributed by atoms with van der Waals surface area (Å²) in [5.41, 5.74) is -0.0135. The van der Waals surface area contributed by atoms with Gasteiger partial charge in [-0.1, -0.05) is 52.8 Å². The maximum Gasteiger partial charge on any atom is 0.316 e. The van der Waals surface area contributed by atoms with Gasteiger partial charge in [-0.25, -0.2) is 4.98 Å². The Hall–Kier alpha value is -2.70. The zero-order valence-corrected chi connectivity index (χ0v) is 18.2. The van der Waals surface area contributed by atoms with E-state index in [1.807, 2.05) is 13.8 Å². The maximum atomic E-state index is 13.0. The van der Waals surface area contributed by atoms with Gasteiger partial charge in [-0.15, -0.1) is 0 Å². The monoisotopic (exact) mass is 403 g/mol. The van der Waals surface area contributed by atoms with Crippen LogP contribution in [0.5, 0.6) is 0 Å². The smallest absolute Gasteiger partial charge is 0.316 e. The van der Waals surface area contributed by atoms with Crippen molar-refractivity contribution < 1.29 is 19.5 Å². The Labute approximate surface area is 173 Å². The van der Waals surface area contributed by atoms with E-state index in [4.69, 9.17) is 0 Å². The molecule has 0 unspecified atom stereocenters. The number of nitrogens with one attached hydrogen (secondary N) is 2. The molecule has 0 aliphatic heterocycles. The Morgan fingerprint density at radius 3 is 2.21 bits per heavy atom. The van der Waals surface area contributed by atoms with Crippen LogP contribution in [-0.4, -0.2) is 33.9 Å². The fourth-order valence-corrected chi connectivity index (χ4v) is 3.14. The molecule has 0 saturated carbocycles. The molecule has 3 atom stereocenters. The summed E-state index contributed by atoms with van der Waals surface area (Å²) in [6.07, 6.45) is 2.06. The number of carbonyl (C=O) groups is 3. The molecule has 7 nitrogen and oxygen atoms in total. The predicted molar refractivity (Wildman–Crippen MR) is 113 cm³/mol. The highest BCUT2D eigenvalue weighted by Crippen LogP contribution is 2.29. The van der Waals surface area contributed by atoms with E-state index in [9.17, 15) is 19.5 Å². The molecule has 0 fully saturated rings. The van der Waals surface area contributed by atoms with Crippen molar-refractivity contribution in [1.82, 2.24) is 10.3 Å². The van der Waals surface area contributed by atoms with Crippen molar-refractivity contribution in [2.45, 2.75) is 54.0 Å². The van der Waals surface area contributed by atoms with Gasteiger partial charge in [-0.2, -0.15) is 0 Å². The molecule has 0 aromatic carbocycles. The number of anilines is 1. The van der Waals surface area contributed by atoms with E-state index in [-0.39, 0.29) is 5.92 Å². The number of rotatable bonds is 9. The van der Waals surface area contributed by atoms with Crippen LogP contribution < -0.4 is 10.6 Å². The number of aromatic nitrogens is 1. The topological polar surface area (TPSA) is 108 Å². The van der Waals surface area contributed by atoms with E-state index in [2.05, 4.69) is 22.2 Å². The summed E-state index contributed by atoms with van der Waals surface area (Å²) in [5, 5.41) is 15.1. The number of hydrogen-bond acceptors (Lipinski definition) is 4. The molecule has 0 bridgehead atoms. The lowest BCUT2D eigenvalue weighted by molar-refractivity contribution is -0.150. The highest BCUT2D eigenvalue weighted by atomic mass is 16.4. The summed E-state index contributed by atoms with van der Waals surface area (Å²) in [7, 11) is 0. The van der Waals surface area contributed by atoms with Crippen molar-refractivity contribution >= 4 is 23.6 Å². The van der Waals surface area contributed by atoms with E-state index in [1.165, 1.54) is 0 Å². The SMILES string of the molecule is C=C(C)[C@H](CC(C)C)[C@H](C(=O)O)C(=O)N[C@H](C(=O)Nc1ccccn1)C(C)(C)C. The van der Waals surface area contributed by atoms with Gasteiger partial charge in [0.1, 0.15) is 17.8 Å². The molecule has 0 aliphatic rings. The van der Waals surface area contributed by atoms with Crippen LogP contribution in [0, 0.1) is 23.2 Å². The van der Waals surface area contributed by atoms with Crippen LogP contribution in [0.4, 0.5) is 5.82 Å². The summed E-state index contributed by atoms with van der Waals surface area (Å²) in [6, 6.07) is 4.16. The quantitative estimate of drug-likeness (QED) is 0.432. The zero-order chi connectivity index (χ0) is 22.4. The van der Waals surface area contributed by atoms with Crippen LogP contribution in [0.1, 0.15) is 48.0 Å². The van der Waals surface area contributed by atoms with Gasteiger partial charge in [0.05, 0.1) is 0 Å². The number of amides is 2. The number of carbonyl (C=O) groups excluding carboxylic acids is 2. The van der Waals surface area contributed by atoms with E-state index in [0.717, 1.165) is 0 Å². The highest BCUT2D eigenvalue weighted by Gasteiger charge is 2.40. The Morgan fingerprint density at radius 2 is 1.79 bits per heavy atom. The molecule has 0 spiro atoms. The lowest BCUT2D eigenvalue weighted by atomic mass is 9.79. The third-order valence-electron chi connectivity index (χ3n) is 4.64. The van der Waals surface area contributed by atoms with Gasteiger partial charge in [-0.3, -0.25) is 14.4 Å². The molecule has 3 N–H and O–H groups in total. The third kappa shape index (κ3) is 7.33. The molecule has 1 rings (SSSR count). The predicted octanol–water partition coefficient (Wildman–Crippen LogP) is 3.49. The van der Waals surface area contributed by atoms with Crippen molar-refractivity contribution in [1.29, 1.82) is 0 Å². The van der Waals surface area contributed by atoms with Crippen LogP contribution in [0.2, 0.25) is 0 Å². The first-order chi connectivity index (χ1) is 13.3. The van der Waals surface area contributed by atoms with Crippen molar-refractivity contribution in [2.24, 2.45) is 23.2 Å². The highest BCUT2D eigenvalue weighted by molar-refractivity contribution is 6.02. The summed E-state index contributed by atoms with van der Waals surface area (Å²) in [5.74, 6) is -3.66. The van der Waals surface area contributed by atoms with Gasteiger partial charge in [0.25, 0.3) is 0 Å². The van der Waals surface area contributed by atoms with Crippen molar-refractivity contribution in [3.63, 3.8) is 0 Å². The number of allylic oxidation sites excluding steroid dienone is 1. The lowest BCUT2D eigenvalue weighted by Gasteiger charge is -2.32. The normalized spacial score (nSPS) is 14.6. The lowest BCUT2D eigenvalue weighted by Crippen LogP contribution is -2.54. The van der Waals surface area contributed by atoms with Gasteiger partial charge in [0, 0.05) is 12.1 Å². The van der Waals surface area contributed by atoms with Crippen molar-refractivity contribution in [2.75, 3.05) is 5.32 Å². The molecular weight excluding hydrogens is 370 g/mol. The third-order valence-corrected chi connectivity index (χ3v) is 4.64. The summed E-state index contributed by atoms with van der Waals surface area (Å²) in [6.45, 7) is 14.9. The van der Waals surface area contributed by atoms with E-state index < -0.39 is 41.1 Å². The first-order valence-corrected chi connectivity index (χ1v) is 9.75. The molecule has 7 heteroatoms.